The number of benzene rings is 2. The van der Waals surface area contributed by atoms with Crippen LogP contribution in [0.25, 0.3) is 0 Å². The summed E-state index contributed by atoms with van der Waals surface area (Å²) < 4.78 is 30.2. The van der Waals surface area contributed by atoms with Crippen molar-refractivity contribution in [3.8, 4) is 0 Å². The smallest absolute Gasteiger partial charge is 0.254 e. The molecule has 2 atom stereocenters. The van der Waals surface area contributed by atoms with E-state index in [0.29, 0.717) is 57.6 Å². The normalized spacial score (nSPS) is 21.8. The van der Waals surface area contributed by atoms with E-state index in [0.717, 1.165) is 6.26 Å². The van der Waals surface area contributed by atoms with Gasteiger partial charge in [0.25, 0.3) is 5.91 Å². The second kappa shape index (κ2) is 11.9. The number of ether oxygens (including phenoxy) is 1. The maximum atomic E-state index is 14.3. The van der Waals surface area contributed by atoms with Gasteiger partial charge in [0.15, 0.2) is 9.84 Å². The molecule has 5 rings (SSSR count). The average molecular weight is 582 g/mol. The second-order valence-corrected chi connectivity index (χ2v) is 13.4. The van der Waals surface area contributed by atoms with Gasteiger partial charge in [0.2, 0.25) is 11.8 Å². The molecule has 2 heterocycles. The van der Waals surface area contributed by atoms with Gasteiger partial charge in [0, 0.05) is 31.5 Å². The predicted octanol–water partition coefficient (Wildman–Crippen LogP) is 2.61. The Hall–Kier alpha value is -3.24. The molecule has 2 aliphatic heterocycles. The fourth-order valence-electron chi connectivity index (χ4n) is 6.53. The van der Waals surface area contributed by atoms with Crippen molar-refractivity contribution in [3.05, 3.63) is 64.7 Å². The number of sulfone groups is 1. The van der Waals surface area contributed by atoms with Crippen molar-refractivity contribution in [2.75, 3.05) is 32.6 Å². The van der Waals surface area contributed by atoms with Gasteiger partial charge >= 0.3 is 0 Å². The lowest BCUT2D eigenvalue weighted by Gasteiger charge is -2.44. The second-order valence-electron chi connectivity index (χ2n) is 11.4. The minimum Gasteiger partial charge on any atom is -0.378 e. The van der Waals surface area contributed by atoms with Crippen molar-refractivity contribution in [1.82, 2.24) is 15.1 Å². The van der Waals surface area contributed by atoms with Crippen molar-refractivity contribution in [2.24, 2.45) is 11.8 Å². The molecule has 2 aromatic carbocycles. The number of carbonyl (C=O) groups excluding carboxylic acids is 3. The van der Waals surface area contributed by atoms with Crippen LogP contribution < -0.4 is 5.32 Å². The van der Waals surface area contributed by atoms with Gasteiger partial charge in [0.05, 0.1) is 18.1 Å². The van der Waals surface area contributed by atoms with Gasteiger partial charge in [-0.3, -0.25) is 14.4 Å². The number of amides is 3. The van der Waals surface area contributed by atoms with Gasteiger partial charge < -0.3 is 19.9 Å². The molecule has 3 amide bonds. The van der Waals surface area contributed by atoms with Crippen LogP contribution in [0.5, 0.6) is 0 Å². The van der Waals surface area contributed by atoms with E-state index in [1.54, 1.807) is 15.9 Å². The highest BCUT2D eigenvalue weighted by atomic mass is 32.2. The minimum absolute atomic E-state index is 0.0405. The molecule has 0 spiro atoms. The topological polar surface area (TPSA) is 113 Å². The highest BCUT2D eigenvalue weighted by molar-refractivity contribution is 7.90. The van der Waals surface area contributed by atoms with Crippen molar-refractivity contribution in [2.45, 2.75) is 63.1 Å². The number of hydrogen-bond acceptors (Lipinski definition) is 6. The Morgan fingerprint density at radius 2 is 1.66 bits per heavy atom. The zero-order valence-corrected chi connectivity index (χ0v) is 24.8. The van der Waals surface area contributed by atoms with E-state index in [2.05, 4.69) is 17.4 Å². The number of piperazine rings is 1. The minimum atomic E-state index is -3.58. The number of nitrogens with one attached hydrogen (secondary N) is 1. The molecule has 41 heavy (non-hydrogen) atoms. The van der Waals surface area contributed by atoms with E-state index in [4.69, 9.17) is 4.74 Å². The van der Waals surface area contributed by atoms with Gasteiger partial charge in [-0.1, -0.05) is 57.0 Å². The van der Waals surface area contributed by atoms with Crippen LogP contribution in [0.3, 0.4) is 0 Å². The Bertz CT molecular complexity index is 1410. The van der Waals surface area contributed by atoms with Crippen LogP contribution in [0.4, 0.5) is 0 Å². The Morgan fingerprint density at radius 3 is 2.24 bits per heavy atom. The molecule has 0 unspecified atom stereocenters. The maximum absolute atomic E-state index is 14.3. The first-order chi connectivity index (χ1) is 19.6. The van der Waals surface area contributed by atoms with Crippen molar-refractivity contribution >= 4 is 27.6 Å². The fraction of sp³-hybridized carbons (Fsp3) is 0.516. The number of fused-ring (bicyclic) bond motifs is 1. The number of morpholine rings is 1. The van der Waals surface area contributed by atoms with Gasteiger partial charge in [-0.15, -0.1) is 0 Å². The summed E-state index contributed by atoms with van der Waals surface area (Å²) in [4.78, 5) is 45.0. The predicted molar refractivity (Wildman–Crippen MR) is 154 cm³/mol. The number of nitrogens with zero attached hydrogens (tertiary/aromatic N) is 2. The summed E-state index contributed by atoms with van der Waals surface area (Å²) >= 11 is 0. The summed E-state index contributed by atoms with van der Waals surface area (Å²) in [7, 11) is -3.58. The average Bonchev–Trinajstić information content (AvgIpc) is 3.40. The molecule has 0 saturated carbocycles. The molecular weight excluding hydrogens is 542 g/mol. The molecule has 10 heteroatoms. The molecule has 220 valence electrons. The number of hydrogen-bond donors (Lipinski definition) is 1. The Balaban J connectivity index is 1.52. The third-order valence-corrected chi connectivity index (χ3v) is 9.99. The quantitative estimate of drug-likeness (QED) is 0.513. The summed E-state index contributed by atoms with van der Waals surface area (Å²) in [5.41, 5.74) is 3.16. The molecule has 1 aliphatic carbocycles. The molecule has 3 aliphatic rings. The highest BCUT2D eigenvalue weighted by Gasteiger charge is 2.47. The van der Waals surface area contributed by atoms with E-state index in [9.17, 15) is 22.8 Å². The van der Waals surface area contributed by atoms with E-state index < -0.39 is 21.9 Å². The van der Waals surface area contributed by atoms with E-state index in [1.807, 2.05) is 26.0 Å². The van der Waals surface area contributed by atoms with Crippen molar-refractivity contribution in [3.63, 3.8) is 0 Å². The molecule has 0 aromatic heterocycles. The van der Waals surface area contributed by atoms with Gasteiger partial charge in [0.1, 0.15) is 12.1 Å². The molecule has 2 aromatic rings. The molecule has 0 radical (unpaired) electrons. The molecule has 0 bridgehead atoms. The van der Waals surface area contributed by atoms with Crippen LogP contribution in [0.15, 0.2) is 47.4 Å². The van der Waals surface area contributed by atoms with Gasteiger partial charge in [-0.25, -0.2) is 8.42 Å². The lowest BCUT2D eigenvalue weighted by atomic mass is 9.85. The zero-order chi connectivity index (χ0) is 29.3. The van der Waals surface area contributed by atoms with E-state index in [-0.39, 0.29) is 46.6 Å². The van der Waals surface area contributed by atoms with Crippen LogP contribution in [0.1, 0.15) is 53.7 Å². The lowest BCUT2D eigenvalue weighted by Crippen LogP contribution is -2.66. The third kappa shape index (κ3) is 5.90. The summed E-state index contributed by atoms with van der Waals surface area (Å²) in [5.74, 6) is -0.751. The molecule has 1 N–H and O–H groups in total. The standard InChI is InChI=1S/C31H39N3O6S/c1-4-20(5-2)28-29(35)32-27(24-16-21-8-6-7-9-22(21)17-24)31(37)34(28)19-23-10-11-25(41(3,38)39)18-26(23)30(36)33-12-14-40-15-13-33/h6-11,18,20,24,27-28H,4-5,12-17,19H2,1-3H3,(H,32,35)/t27-,28-/m1/s1. The van der Waals surface area contributed by atoms with Crippen LogP contribution in [-0.4, -0.2) is 80.6 Å². The van der Waals surface area contributed by atoms with E-state index >= 15 is 0 Å². The van der Waals surface area contributed by atoms with Gasteiger partial charge in [-0.05, 0) is 53.5 Å². The first-order valence-electron chi connectivity index (χ1n) is 14.5. The largest absolute Gasteiger partial charge is 0.378 e. The molecular formula is C31H39N3O6S. The van der Waals surface area contributed by atoms with Crippen LogP contribution in [-0.2, 0) is 43.5 Å². The fourth-order valence-corrected chi connectivity index (χ4v) is 7.18. The Labute approximate surface area is 242 Å². The first-order valence-corrected chi connectivity index (χ1v) is 16.4. The molecule has 9 nitrogen and oxygen atoms in total. The zero-order valence-electron chi connectivity index (χ0n) is 24.0. The first kappa shape index (κ1) is 29.3. The van der Waals surface area contributed by atoms with Crippen LogP contribution >= 0.6 is 0 Å². The summed E-state index contributed by atoms with van der Waals surface area (Å²) in [6, 6.07) is 11.3. The third-order valence-electron chi connectivity index (χ3n) is 8.88. The monoisotopic (exact) mass is 581 g/mol. The SMILES string of the molecule is CCC(CC)[C@@H]1C(=O)N[C@H](C2Cc3ccccc3C2)C(=O)N1Cc1ccc(S(C)(=O)=O)cc1C(=O)N1CCOCC1. The summed E-state index contributed by atoms with van der Waals surface area (Å²) in [6.45, 7) is 5.66. The lowest BCUT2D eigenvalue weighted by molar-refractivity contribution is -0.154. The summed E-state index contributed by atoms with van der Waals surface area (Å²) in [5, 5.41) is 3.08. The highest BCUT2D eigenvalue weighted by Crippen LogP contribution is 2.34. The molecule has 2 saturated heterocycles. The van der Waals surface area contributed by atoms with E-state index in [1.165, 1.54) is 23.3 Å². The maximum Gasteiger partial charge on any atom is 0.254 e. The van der Waals surface area contributed by atoms with Crippen LogP contribution in [0, 0.1) is 11.8 Å². The number of rotatable bonds is 8. The Kier molecular flexibility index (Phi) is 8.52. The van der Waals surface area contributed by atoms with Crippen molar-refractivity contribution < 1.29 is 27.5 Å². The summed E-state index contributed by atoms with van der Waals surface area (Å²) in [6.07, 6.45) is 3.95. The van der Waals surface area contributed by atoms with Gasteiger partial charge in [-0.2, -0.15) is 0 Å². The molecule has 2 fully saturated rings. The Morgan fingerprint density at radius 1 is 1.02 bits per heavy atom. The van der Waals surface area contributed by atoms with Crippen LogP contribution in [0.2, 0.25) is 0 Å². The van der Waals surface area contributed by atoms with Crippen molar-refractivity contribution in [1.29, 1.82) is 0 Å². The number of carbonyl (C=O) groups is 3.